The number of aromatic nitrogens is 1. The van der Waals surface area contributed by atoms with Crippen molar-refractivity contribution in [1.82, 2.24) is 10.1 Å². The van der Waals surface area contributed by atoms with E-state index in [0.29, 0.717) is 6.54 Å². The smallest absolute Gasteiger partial charge is 0.325 e. The van der Waals surface area contributed by atoms with Crippen molar-refractivity contribution in [3.63, 3.8) is 0 Å². The van der Waals surface area contributed by atoms with Crippen molar-refractivity contribution in [3.05, 3.63) is 39.4 Å². The van der Waals surface area contributed by atoms with Gasteiger partial charge in [-0.1, -0.05) is 5.16 Å². The van der Waals surface area contributed by atoms with Crippen molar-refractivity contribution < 1.29 is 14.4 Å². The van der Waals surface area contributed by atoms with Crippen molar-refractivity contribution in [1.29, 1.82) is 0 Å². The second kappa shape index (κ2) is 4.79. The Morgan fingerprint density at radius 3 is 3.21 bits per heavy atom. The van der Waals surface area contributed by atoms with E-state index in [4.69, 9.17) is 4.52 Å². The van der Waals surface area contributed by atoms with E-state index in [0.717, 1.165) is 30.0 Å². The predicted octanol–water partition coefficient (Wildman–Crippen LogP) is 2.23. The molecule has 100 valence electrons. The summed E-state index contributed by atoms with van der Waals surface area (Å²) in [5.41, 5.74) is 1.70. The SMILES string of the molecule is Cc1cc(CN2CCc3sccc3C2C(=O)O)no1. The van der Waals surface area contributed by atoms with Gasteiger partial charge in [-0.3, -0.25) is 9.69 Å². The quantitative estimate of drug-likeness (QED) is 0.932. The Balaban J connectivity index is 1.87. The molecule has 1 N–H and O–H groups in total. The maximum absolute atomic E-state index is 11.5. The fourth-order valence-electron chi connectivity index (χ4n) is 2.53. The molecule has 0 fully saturated rings. The summed E-state index contributed by atoms with van der Waals surface area (Å²) in [6, 6.07) is 3.19. The summed E-state index contributed by atoms with van der Waals surface area (Å²) < 4.78 is 5.03. The standard InChI is InChI=1S/C13H14N2O3S/c1-8-6-9(14-18-8)7-15-4-2-11-10(3-5-19-11)12(15)13(16)17/h3,5-6,12H,2,4,7H2,1H3,(H,16,17). The maximum atomic E-state index is 11.5. The van der Waals surface area contributed by atoms with Gasteiger partial charge in [-0.05, 0) is 30.4 Å². The first kappa shape index (κ1) is 12.4. The summed E-state index contributed by atoms with van der Waals surface area (Å²) in [4.78, 5) is 14.7. The summed E-state index contributed by atoms with van der Waals surface area (Å²) in [6.07, 6.45) is 0.896. The molecule has 3 heterocycles. The maximum Gasteiger partial charge on any atom is 0.325 e. The van der Waals surface area contributed by atoms with E-state index >= 15 is 0 Å². The second-order valence-corrected chi connectivity index (χ2v) is 5.69. The second-order valence-electron chi connectivity index (χ2n) is 4.69. The zero-order valence-corrected chi connectivity index (χ0v) is 11.3. The minimum atomic E-state index is -0.806. The van der Waals surface area contributed by atoms with Gasteiger partial charge in [0.1, 0.15) is 11.8 Å². The van der Waals surface area contributed by atoms with Crippen LogP contribution in [-0.2, 0) is 17.8 Å². The van der Waals surface area contributed by atoms with Gasteiger partial charge in [0, 0.05) is 24.0 Å². The number of nitrogens with zero attached hydrogens (tertiary/aromatic N) is 2. The molecule has 1 unspecified atom stereocenters. The minimum absolute atomic E-state index is 0.504. The van der Waals surface area contributed by atoms with Gasteiger partial charge in [0.15, 0.2) is 0 Å². The fourth-order valence-corrected chi connectivity index (χ4v) is 3.43. The van der Waals surface area contributed by atoms with Gasteiger partial charge >= 0.3 is 5.97 Å². The number of aryl methyl sites for hydroxylation is 1. The molecule has 2 aromatic rings. The molecule has 0 aliphatic carbocycles. The number of aliphatic carboxylic acids is 1. The molecule has 0 saturated heterocycles. The van der Waals surface area contributed by atoms with Crippen LogP contribution in [0.15, 0.2) is 22.0 Å². The van der Waals surface area contributed by atoms with Gasteiger partial charge in [0.25, 0.3) is 0 Å². The normalized spacial score (nSPS) is 19.3. The molecule has 0 amide bonds. The third-order valence-electron chi connectivity index (χ3n) is 3.34. The van der Waals surface area contributed by atoms with E-state index in [1.807, 2.05) is 29.3 Å². The van der Waals surface area contributed by atoms with Crippen LogP contribution in [0.25, 0.3) is 0 Å². The first-order valence-corrected chi connectivity index (χ1v) is 6.98. The zero-order chi connectivity index (χ0) is 13.4. The van der Waals surface area contributed by atoms with E-state index < -0.39 is 12.0 Å². The molecule has 19 heavy (non-hydrogen) atoms. The molecular weight excluding hydrogens is 264 g/mol. The number of carboxylic acid groups (broad SMARTS) is 1. The molecule has 1 aliphatic heterocycles. The molecule has 1 aliphatic rings. The number of thiophene rings is 1. The number of hydrogen-bond acceptors (Lipinski definition) is 5. The lowest BCUT2D eigenvalue weighted by atomic mass is 10.00. The van der Waals surface area contributed by atoms with E-state index in [1.54, 1.807) is 11.3 Å². The third kappa shape index (κ3) is 2.29. The molecule has 3 rings (SSSR count). The van der Waals surface area contributed by atoms with Crippen LogP contribution in [0.2, 0.25) is 0 Å². The molecular formula is C13H14N2O3S. The Bertz CT molecular complexity index is 605. The molecule has 0 saturated carbocycles. The Morgan fingerprint density at radius 2 is 2.53 bits per heavy atom. The minimum Gasteiger partial charge on any atom is -0.480 e. The summed E-state index contributed by atoms with van der Waals surface area (Å²) in [7, 11) is 0. The number of fused-ring (bicyclic) bond motifs is 1. The van der Waals surface area contributed by atoms with Crippen molar-refractivity contribution >= 4 is 17.3 Å². The fraction of sp³-hybridized carbons (Fsp3) is 0.385. The Morgan fingerprint density at radius 1 is 1.68 bits per heavy atom. The average Bonchev–Trinajstić information content (AvgIpc) is 2.97. The van der Waals surface area contributed by atoms with Gasteiger partial charge in [-0.2, -0.15) is 0 Å². The predicted molar refractivity (Wildman–Crippen MR) is 70.0 cm³/mol. The number of hydrogen-bond donors (Lipinski definition) is 1. The monoisotopic (exact) mass is 278 g/mol. The van der Waals surface area contributed by atoms with Gasteiger partial charge in [0.05, 0.1) is 5.69 Å². The lowest BCUT2D eigenvalue weighted by Crippen LogP contribution is -2.38. The summed E-state index contributed by atoms with van der Waals surface area (Å²) >= 11 is 1.63. The van der Waals surface area contributed by atoms with Crippen LogP contribution in [0.5, 0.6) is 0 Å². The highest BCUT2D eigenvalue weighted by Gasteiger charge is 2.34. The topological polar surface area (TPSA) is 66.6 Å². The van der Waals surface area contributed by atoms with Crippen LogP contribution >= 0.6 is 11.3 Å². The van der Waals surface area contributed by atoms with Crippen LogP contribution < -0.4 is 0 Å². The van der Waals surface area contributed by atoms with Crippen LogP contribution in [0.4, 0.5) is 0 Å². The van der Waals surface area contributed by atoms with Gasteiger partial charge in [-0.25, -0.2) is 0 Å². The molecule has 2 aromatic heterocycles. The molecule has 6 heteroatoms. The Labute approximate surface area is 114 Å². The van der Waals surface area contributed by atoms with Crippen LogP contribution in [0.1, 0.15) is 27.9 Å². The van der Waals surface area contributed by atoms with Gasteiger partial charge in [0.2, 0.25) is 0 Å². The molecule has 0 aromatic carbocycles. The van der Waals surface area contributed by atoms with Crippen molar-refractivity contribution in [2.45, 2.75) is 25.9 Å². The molecule has 0 bridgehead atoms. The third-order valence-corrected chi connectivity index (χ3v) is 4.34. The van der Waals surface area contributed by atoms with Crippen molar-refractivity contribution in [3.8, 4) is 0 Å². The van der Waals surface area contributed by atoms with Crippen molar-refractivity contribution in [2.24, 2.45) is 0 Å². The largest absolute Gasteiger partial charge is 0.480 e. The van der Waals surface area contributed by atoms with Crippen LogP contribution in [-0.4, -0.2) is 27.7 Å². The van der Waals surface area contributed by atoms with E-state index in [1.165, 1.54) is 4.88 Å². The highest BCUT2D eigenvalue weighted by atomic mass is 32.1. The van der Waals surface area contributed by atoms with E-state index in [9.17, 15) is 9.90 Å². The molecule has 5 nitrogen and oxygen atoms in total. The van der Waals surface area contributed by atoms with Gasteiger partial charge in [-0.15, -0.1) is 11.3 Å². The zero-order valence-electron chi connectivity index (χ0n) is 10.5. The molecule has 0 radical (unpaired) electrons. The first-order valence-electron chi connectivity index (χ1n) is 6.10. The van der Waals surface area contributed by atoms with Crippen LogP contribution in [0.3, 0.4) is 0 Å². The molecule has 1 atom stereocenters. The van der Waals surface area contributed by atoms with E-state index in [2.05, 4.69) is 5.16 Å². The number of carbonyl (C=O) groups is 1. The Hall–Kier alpha value is -1.66. The number of rotatable bonds is 3. The van der Waals surface area contributed by atoms with E-state index in [-0.39, 0.29) is 0 Å². The first-order chi connectivity index (χ1) is 9.15. The highest BCUT2D eigenvalue weighted by Crippen LogP contribution is 2.34. The summed E-state index contributed by atoms with van der Waals surface area (Å²) in [5.74, 6) is -0.0605. The lowest BCUT2D eigenvalue weighted by Gasteiger charge is -2.32. The highest BCUT2D eigenvalue weighted by molar-refractivity contribution is 7.10. The lowest BCUT2D eigenvalue weighted by molar-refractivity contribution is -0.144. The molecule has 0 spiro atoms. The van der Waals surface area contributed by atoms with Crippen LogP contribution in [0, 0.1) is 6.92 Å². The summed E-state index contributed by atoms with van der Waals surface area (Å²) in [6.45, 7) is 3.07. The average molecular weight is 278 g/mol. The van der Waals surface area contributed by atoms with Gasteiger partial charge < -0.3 is 9.63 Å². The summed E-state index contributed by atoms with van der Waals surface area (Å²) in [5, 5.41) is 15.4. The Kier molecular flexibility index (Phi) is 3.12. The van der Waals surface area contributed by atoms with Crippen molar-refractivity contribution in [2.75, 3.05) is 6.54 Å². The number of carboxylic acids is 1.